The SMILES string of the molecule is CCC(Cc1ccc(N2CCOCC2)cc1)C(=O)C(CC)Cc1ccc(N2CCOCC2)cc1. The Labute approximate surface area is 205 Å². The van der Waals surface area contributed by atoms with E-state index in [1.54, 1.807) is 0 Å². The van der Waals surface area contributed by atoms with Crippen molar-refractivity contribution in [3.63, 3.8) is 0 Å². The molecular formula is C29H40N2O3. The number of morpholine rings is 2. The first kappa shape index (κ1) is 24.7. The van der Waals surface area contributed by atoms with Crippen LogP contribution < -0.4 is 9.80 Å². The molecule has 2 fully saturated rings. The molecule has 0 radical (unpaired) electrons. The summed E-state index contributed by atoms with van der Waals surface area (Å²) in [7, 11) is 0. The van der Waals surface area contributed by atoms with Crippen LogP contribution in [0.15, 0.2) is 48.5 Å². The van der Waals surface area contributed by atoms with E-state index in [0.29, 0.717) is 5.78 Å². The zero-order valence-electron chi connectivity index (χ0n) is 20.9. The van der Waals surface area contributed by atoms with Crippen LogP contribution in [0.5, 0.6) is 0 Å². The number of anilines is 2. The fourth-order valence-corrected chi connectivity index (χ4v) is 5.12. The van der Waals surface area contributed by atoms with Crippen molar-refractivity contribution in [1.29, 1.82) is 0 Å². The predicted molar refractivity (Wildman–Crippen MR) is 139 cm³/mol. The van der Waals surface area contributed by atoms with Crippen LogP contribution in [0.1, 0.15) is 37.8 Å². The Kier molecular flexibility index (Phi) is 9.00. The minimum atomic E-state index is 0.0757. The number of benzene rings is 2. The van der Waals surface area contributed by atoms with Gasteiger partial charge in [0.15, 0.2) is 0 Å². The lowest BCUT2D eigenvalue weighted by Crippen LogP contribution is -2.36. The van der Waals surface area contributed by atoms with Crippen LogP contribution in [-0.2, 0) is 27.1 Å². The molecule has 184 valence electrons. The Morgan fingerprint density at radius 2 is 1.03 bits per heavy atom. The van der Waals surface area contributed by atoms with E-state index >= 15 is 0 Å². The second-order valence-electron chi connectivity index (χ2n) is 9.55. The first-order chi connectivity index (χ1) is 16.7. The first-order valence-electron chi connectivity index (χ1n) is 13.0. The van der Waals surface area contributed by atoms with Gasteiger partial charge in [-0.3, -0.25) is 4.79 Å². The molecule has 2 aromatic rings. The molecule has 0 N–H and O–H groups in total. The van der Waals surface area contributed by atoms with Crippen LogP contribution in [0.3, 0.4) is 0 Å². The highest BCUT2D eigenvalue weighted by molar-refractivity contribution is 5.84. The Morgan fingerprint density at radius 3 is 1.35 bits per heavy atom. The molecule has 5 nitrogen and oxygen atoms in total. The van der Waals surface area contributed by atoms with Gasteiger partial charge in [-0.2, -0.15) is 0 Å². The Bertz CT molecular complexity index is 811. The minimum absolute atomic E-state index is 0.0757. The fraction of sp³-hybridized carbons (Fsp3) is 0.552. The minimum Gasteiger partial charge on any atom is -0.378 e. The third kappa shape index (κ3) is 6.39. The molecule has 2 atom stereocenters. The average molecular weight is 465 g/mol. The molecule has 2 aliphatic rings. The van der Waals surface area contributed by atoms with Gasteiger partial charge >= 0.3 is 0 Å². The van der Waals surface area contributed by atoms with E-state index in [-0.39, 0.29) is 11.8 Å². The lowest BCUT2D eigenvalue weighted by atomic mass is 9.82. The number of carbonyl (C=O) groups is 1. The summed E-state index contributed by atoms with van der Waals surface area (Å²) in [4.78, 5) is 18.2. The fourth-order valence-electron chi connectivity index (χ4n) is 5.12. The normalized spacial score (nSPS) is 18.5. The number of ketones is 1. The van der Waals surface area contributed by atoms with E-state index in [1.165, 1.54) is 22.5 Å². The summed E-state index contributed by atoms with van der Waals surface area (Å²) in [5.74, 6) is 0.568. The molecular weight excluding hydrogens is 424 g/mol. The molecule has 2 heterocycles. The largest absolute Gasteiger partial charge is 0.378 e. The summed E-state index contributed by atoms with van der Waals surface area (Å²) < 4.78 is 10.9. The lowest BCUT2D eigenvalue weighted by Gasteiger charge is -2.29. The van der Waals surface area contributed by atoms with E-state index in [1.807, 2.05) is 0 Å². The Morgan fingerprint density at radius 1 is 0.676 bits per heavy atom. The molecule has 0 spiro atoms. The van der Waals surface area contributed by atoms with Gasteiger partial charge in [0, 0.05) is 49.4 Å². The van der Waals surface area contributed by atoms with Gasteiger partial charge in [0.25, 0.3) is 0 Å². The molecule has 2 aliphatic heterocycles. The standard InChI is InChI=1S/C29H40N2O3/c1-3-25(21-23-5-9-27(10-6-23)30-13-17-33-18-14-30)29(32)26(4-2)22-24-7-11-28(12-8-24)31-15-19-34-20-16-31/h5-12,25-26H,3-4,13-22H2,1-2H3. The van der Waals surface area contributed by atoms with E-state index < -0.39 is 0 Å². The van der Waals surface area contributed by atoms with E-state index in [9.17, 15) is 4.79 Å². The number of nitrogens with zero attached hydrogens (tertiary/aromatic N) is 2. The van der Waals surface area contributed by atoms with Crippen LogP contribution in [0, 0.1) is 11.8 Å². The van der Waals surface area contributed by atoms with Crippen molar-refractivity contribution in [2.45, 2.75) is 39.5 Å². The maximum atomic E-state index is 13.5. The van der Waals surface area contributed by atoms with Crippen LogP contribution in [0.25, 0.3) is 0 Å². The van der Waals surface area contributed by atoms with Crippen molar-refractivity contribution in [2.75, 3.05) is 62.4 Å². The van der Waals surface area contributed by atoms with Gasteiger partial charge in [-0.25, -0.2) is 0 Å². The van der Waals surface area contributed by atoms with Crippen molar-refractivity contribution in [3.8, 4) is 0 Å². The highest BCUT2D eigenvalue weighted by Crippen LogP contribution is 2.25. The summed E-state index contributed by atoms with van der Waals surface area (Å²) in [6.45, 7) is 11.3. The summed E-state index contributed by atoms with van der Waals surface area (Å²) in [6, 6.07) is 17.6. The van der Waals surface area contributed by atoms with E-state index in [2.05, 4.69) is 72.2 Å². The molecule has 0 amide bonds. The summed E-state index contributed by atoms with van der Waals surface area (Å²) >= 11 is 0. The zero-order chi connectivity index (χ0) is 23.8. The Balaban J connectivity index is 1.35. The lowest BCUT2D eigenvalue weighted by molar-refractivity contribution is -0.127. The third-order valence-electron chi connectivity index (χ3n) is 7.38. The van der Waals surface area contributed by atoms with Crippen LogP contribution >= 0.6 is 0 Å². The second kappa shape index (κ2) is 12.4. The Hall–Kier alpha value is -2.37. The van der Waals surface area contributed by atoms with Gasteiger partial charge < -0.3 is 19.3 Å². The predicted octanol–water partition coefficient (Wildman–Crippen LogP) is 4.77. The van der Waals surface area contributed by atoms with Crippen molar-refractivity contribution in [3.05, 3.63) is 59.7 Å². The molecule has 0 aromatic heterocycles. The molecule has 5 heteroatoms. The van der Waals surface area contributed by atoms with Crippen molar-refractivity contribution < 1.29 is 14.3 Å². The summed E-state index contributed by atoms with van der Waals surface area (Å²) in [5.41, 5.74) is 5.00. The molecule has 2 unspecified atom stereocenters. The quantitative estimate of drug-likeness (QED) is 0.507. The maximum absolute atomic E-state index is 13.5. The molecule has 4 rings (SSSR count). The van der Waals surface area contributed by atoms with Crippen molar-refractivity contribution in [1.82, 2.24) is 0 Å². The number of Topliss-reactive ketones (excluding diaryl/α,β-unsaturated/α-hetero) is 1. The third-order valence-corrected chi connectivity index (χ3v) is 7.38. The number of hydrogen-bond acceptors (Lipinski definition) is 5. The van der Waals surface area contributed by atoms with E-state index in [4.69, 9.17) is 9.47 Å². The van der Waals surface area contributed by atoms with Crippen molar-refractivity contribution in [2.24, 2.45) is 11.8 Å². The van der Waals surface area contributed by atoms with Gasteiger partial charge in [0.05, 0.1) is 26.4 Å². The van der Waals surface area contributed by atoms with Crippen LogP contribution in [-0.4, -0.2) is 58.4 Å². The number of ether oxygens (including phenoxy) is 2. The molecule has 0 saturated carbocycles. The van der Waals surface area contributed by atoms with Crippen molar-refractivity contribution >= 4 is 17.2 Å². The summed E-state index contributed by atoms with van der Waals surface area (Å²) in [5, 5.41) is 0. The second-order valence-corrected chi connectivity index (χ2v) is 9.55. The molecule has 2 aromatic carbocycles. The topological polar surface area (TPSA) is 42.0 Å². The molecule has 2 saturated heterocycles. The summed E-state index contributed by atoms with van der Waals surface area (Å²) in [6.07, 6.45) is 3.42. The number of rotatable bonds is 10. The highest BCUT2D eigenvalue weighted by Gasteiger charge is 2.25. The van der Waals surface area contributed by atoms with Gasteiger partial charge in [-0.1, -0.05) is 38.1 Å². The van der Waals surface area contributed by atoms with E-state index in [0.717, 1.165) is 78.3 Å². The zero-order valence-corrected chi connectivity index (χ0v) is 20.9. The molecule has 34 heavy (non-hydrogen) atoms. The maximum Gasteiger partial charge on any atom is 0.139 e. The van der Waals surface area contributed by atoms with Gasteiger partial charge in [-0.15, -0.1) is 0 Å². The monoisotopic (exact) mass is 464 g/mol. The van der Waals surface area contributed by atoms with Crippen LogP contribution in [0.2, 0.25) is 0 Å². The van der Waals surface area contributed by atoms with Crippen LogP contribution in [0.4, 0.5) is 11.4 Å². The average Bonchev–Trinajstić information content (AvgIpc) is 2.91. The molecule has 0 aliphatic carbocycles. The first-order valence-corrected chi connectivity index (χ1v) is 13.0. The number of carbonyl (C=O) groups excluding carboxylic acids is 1. The number of hydrogen-bond donors (Lipinski definition) is 0. The highest BCUT2D eigenvalue weighted by atomic mass is 16.5. The van der Waals surface area contributed by atoms with Gasteiger partial charge in [-0.05, 0) is 61.1 Å². The van der Waals surface area contributed by atoms with Gasteiger partial charge in [0.1, 0.15) is 5.78 Å². The smallest absolute Gasteiger partial charge is 0.139 e. The molecule has 0 bridgehead atoms. The van der Waals surface area contributed by atoms with Gasteiger partial charge in [0.2, 0.25) is 0 Å².